The van der Waals surface area contributed by atoms with E-state index in [2.05, 4.69) is 16.0 Å². The van der Waals surface area contributed by atoms with Crippen molar-refractivity contribution in [3.8, 4) is 0 Å². The summed E-state index contributed by atoms with van der Waals surface area (Å²) in [4.78, 5) is 44.5. The topological polar surface area (TPSA) is 165 Å². The van der Waals surface area contributed by atoms with Gasteiger partial charge >= 0.3 is 11.9 Å². The molecule has 0 radical (unpaired) electrons. The Bertz CT molecular complexity index is 418. The van der Waals surface area contributed by atoms with Gasteiger partial charge in [-0.2, -0.15) is 0 Å². The van der Waals surface area contributed by atoms with E-state index in [0.717, 1.165) is 0 Å². The fourth-order valence-electron chi connectivity index (χ4n) is 1.48. The van der Waals surface area contributed by atoms with Crippen molar-refractivity contribution in [3.05, 3.63) is 0 Å². The molecule has 0 rings (SSSR count). The Hall–Kier alpha value is -1.85. The van der Waals surface area contributed by atoms with E-state index in [1.54, 1.807) is 0 Å². The van der Waals surface area contributed by atoms with Gasteiger partial charge in [0.25, 0.3) is 0 Å². The minimum absolute atomic E-state index is 0.0212. The van der Waals surface area contributed by atoms with Crippen LogP contribution in [0.1, 0.15) is 12.8 Å². The van der Waals surface area contributed by atoms with Crippen LogP contribution in [0.15, 0.2) is 0 Å². The molecule has 0 fully saturated rings. The number of carboxylic acids is 2. The number of carbonyl (C=O) groups excluding carboxylic acids is 2. The minimum atomic E-state index is -1.24. The molecule has 0 aliphatic carbocycles. The lowest BCUT2D eigenvalue weighted by atomic mass is 10.1. The van der Waals surface area contributed by atoms with E-state index in [-0.39, 0.29) is 18.6 Å². The van der Waals surface area contributed by atoms with Crippen LogP contribution in [-0.4, -0.2) is 69.9 Å². The van der Waals surface area contributed by atoms with Gasteiger partial charge in [0.2, 0.25) is 11.8 Å². The second-order valence-corrected chi connectivity index (χ2v) is 4.84. The van der Waals surface area contributed by atoms with Crippen LogP contribution in [-0.2, 0) is 19.2 Å². The zero-order chi connectivity index (χ0) is 17.1. The van der Waals surface area contributed by atoms with Crippen molar-refractivity contribution in [1.29, 1.82) is 0 Å². The van der Waals surface area contributed by atoms with E-state index >= 15 is 0 Å². The minimum Gasteiger partial charge on any atom is -0.480 e. The highest BCUT2D eigenvalue weighted by atomic mass is 32.2. The van der Waals surface area contributed by atoms with Crippen molar-refractivity contribution in [1.82, 2.24) is 16.0 Å². The van der Waals surface area contributed by atoms with E-state index in [1.165, 1.54) is 7.05 Å². The highest BCUT2D eigenvalue weighted by Gasteiger charge is 2.22. The molecule has 0 aliphatic heterocycles. The molecule has 0 bridgehead atoms. The van der Waals surface area contributed by atoms with Crippen molar-refractivity contribution < 1.29 is 33.9 Å². The molecule has 0 aliphatic rings. The van der Waals surface area contributed by atoms with Crippen LogP contribution in [0.4, 0.5) is 0 Å². The summed E-state index contributed by atoms with van der Waals surface area (Å²) in [6, 6.07) is -2.00. The molecule has 0 saturated heterocycles. The second-order valence-electron chi connectivity index (χ2n) is 4.25. The predicted octanol–water partition coefficient (Wildman–Crippen LogP) is -1.67. The molecule has 0 heterocycles. The van der Waals surface area contributed by atoms with Gasteiger partial charge in [0, 0.05) is 12.2 Å². The van der Waals surface area contributed by atoms with Gasteiger partial charge in [0.05, 0.1) is 0 Å². The first-order valence-electron chi connectivity index (χ1n) is 6.27. The van der Waals surface area contributed by atoms with Crippen molar-refractivity contribution in [3.63, 3.8) is 0 Å². The lowest BCUT2D eigenvalue weighted by Crippen LogP contribution is -2.49. The molecule has 11 heteroatoms. The zero-order valence-corrected chi connectivity index (χ0v) is 12.7. The third-order valence-corrected chi connectivity index (χ3v) is 3.10. The van der Waals surface area contributed by atoms with Crippen LogP contribution in [0.5, 0.6) is 0 Å². The van der Waals surface area contributed by atoms with Crippen LogP contribution in [0.3, 0.4) is 0 Å². The molecular formula is C11H19N3O7S. The average molecular weight is 337 g/mol. The first-order valence-corrected chi connectivity index (χ1v) is 7.21. The maximum Gasteiger partial charge on any atom is 0.322 e. The maximum atomic E-state index is 11.7. The summed E-state index contributed by atoms with van der Waals surface area (Å²) in [5.41, 5.74) is 0. The van der Waals surface area contributed by atoms with E-state index in [9.17, 15) is 19.2 Å². The van der Waals surface area contributed by atoms with Gasteiger partial charge in [-0.15, -0.1) is 0 Å². The van der Waals surface area contributed by atoms with E-state index < -0.39 is 42.4 Å². The monoisotopic (exact) mass is 337 g/mol. The van der Waals surface area contributed by atoms with Crippen molar-refractivity contribution >= 4 is 35.8 Å². The molecule has 10 nitrogen and oxygen atoms in total. The van der Waals surface area contributed by atoms with Gasteiger partial charge in [0.1, 0.15) is 18.6 Å². The summed E-state index contributed by atoms with van der Waals surface area (Å²) in [6.45, 7) is -0.609. The average Bonchev–Trinajstić information content (AvgIpc) is 2.44. The maximum absolute atomic E-state index is 11.7. The van der Waals surface area contributed by atoms with Crippen LogP contribution < -0.4 is 16.0 Å². The molecule has 6 N–H and O–H groups in total. The van der Waals surface area contributed by atoms with Gasteiger partial charge < -0.3 is 30.7 Å². The Morgan fingerprint density at radius 1 is 1.14 bits per heavy atom. The highest BCUT2D eigenvalue weighted by Crippen LogP contribution is 2.01. The number of carboxylic acid groups (broad SMARTS) is 2. The van der Waals surface area contributed by atoms with E-state index in [4.69, 9.17) is 14.8 Å². The number of hydrogen-bond acceptors (Lipinski definition) is 7. The molecule has 126 valence electrons. The first kappa shape index (κ1) is 20.1. The Morgan fingerprint density at radius 3 is 2.23 bits per heavy atom. The van der Waals surface area contributed by atoms with Gasteiger partial charge in [-0.05, 0) is 25.5 Å². The van der Waals surface area contributed by atoms with Gasteiger partial charge in [-0.1, -0.05) is 0 Å². The van der Waals surface area contributed by atoms with Crippen LogP contribution in [0.25, 0.3) is 0 Å². The fraction of sp³-hybridized carbons (Fsp3) is 0.636. The predicted molar refractivity (Wildman–Crippen MR) is 77.4 cm³/mol. The van der Waals surface area contributed by atoms with E-state index in [0.29, 0.717) is 12.0 Å². The molecule has 2 atom stereocenters. The summed E-state index contributed by atoms with van der Waals surface area (Å²) in [5.74, 6) is -3.83. The molecule has 0 aromatic rings. The molecule has 22 heavy (non-hydrogen) atoms. The molecular weight excluding hydrogens is 318 g/mol. The van der Waals surface area contributed by atoms with Crippen LogP contribution in [0, 0.1) is 0 Å². The third-order valence-electron chi connectivity index (χ3n) is 2.61. The SMILES string of the molecule is CN[C@@H](CCC(=O)N[C@@H](CSO)C(=O)NCC(=O)O)C(=O)O. The van der Waals surface area contributed by atoms with Crippen molar-refractivity contribution in [2.24, 2.45) is 0 Å². The summed E-state index contributed by atoms with van der Waals surface area (Å²) < 4.78 is 8.79. The largest absolute Gasteiger partial charge is 0.480 e. The number of rotatable bonds is 11. The van der Waals surface area contributed by atoms with Crippen molar-refractivity contribution in [2.75, 3.05) is 19.3 Å². The quantitative estimate of drug-likeness (QED) is 0.242. The summed E-state index contributed by atoms with van der Waals surface area (Å²) in [5, 5.41) is 24.2. The summed E-state index contributed by atoms with van der Waals surface area (Å²) in [7, 11) is 1.45. The number of amides is 2. The lowest BCUT2D eigenvalue weighted by molar-refractivity contribution is -0.139. The lowest BCUT2D eigenvalue weighted by Gasteiger charge is -2.17. The summed E-state index contributed by atoms with van der Waals surface area (Å²) in [6.07, 6.45) is -0.121. The number of likely N-dealkylation sites (N-methyl/N-ethyl adjacent to an activating group) is 1. The van der Waals surface area contributed by atoms with Crippen molar-refractivity contribution in [2.45, 2.75) is 24.9 Å². The Kier molecular flexibility index (Phi) is 9.91. The molecule has 0 aromatic carbocycles. The fourth-order valence-corrected chi connectivity index (χ4v) is 1.86. The molecule has 0 spiro atoms. The van der Waals surface area contributed by atoms with Gasteiger partial charge in [-0.3, -0.25) is 19.2 Å². The molecule has 0 aromatic heterocycles. The highest BCUT2D eigenvalue weighted by molar-refractivity contribution is 7.93. The van der Waals surface area contributed by atoms with E-state index in [1.807, 2.05) is 0 Å². The van der Waals surface area contributed by atoms with Crippen LogP contribution >= 0.6 is 12.0 Å². The van der Waals surface area contributed by atoms with Gasteiger partial charge in [0.15, 0.2) is 0 Å². The molecule has 2 amide bonds. The number of nitrogens with one attached hydrogen (secondary N) is 3. The number of hydrogen-bond donors (Lipinski definition) is 6. The first-order chi connectivity index (χ1) is 10.3. The standard InChI is InChI=1S/C11H19N3O7S/c1-12-6(11(19)20)2-3-8(15)14-7(5-22-21)10(18)13-4-9(16)17/h6-7,12,21H,2-5H2,1H3,(H,13,18)(H,14,15)(H,16,17)(H,19,20)/t6-,7-/m0/s1. The normalized spacial score (nSPS) is 13.0. The smallest absolute Gasteiger partial charge is 0.322 e. The Balaban J connectivity index is 4.42. The zero-order valence-electron chi connectivity index (χ0n) is 11.9. The van der Waals surface area contributed by atoms with Gasteiger partial charge in [-0.25, -0.2) is 0 Å². The number of aliphatic carboxylic acids is 2. The Labute approximate surface area is 130 Å². The Morgan fingerprint density at radius 2 is 1.77 bits per heavy atom. The van der Waals surface area contributed by atoms with Crippen LogP contribution in [0.2, 0.25) is 0 Å². The summed E-state index contributed by atoms with van der Waals surface area (Å²) >= 11 is 0.319. The third kappa shape index (κ3) is 8.44. The second kappa shape index (κ2) is 10.8. The number of carbonyl (C=O) groups is 4. The molecule has 0 unspecified atom stereocenters. The molecule has 0 saturated carbocycles.